The summed E-state index contributed by atoms with van der Waals surface area (Å²) in [6.07, 6.45) is 4.99. The van der Waals surface area contributed by atoms with Crippen molar-refractivity contribution in [3.05, 3.63) is 0 Å². The van der Waals surface area contributed by atoms with Crippen LogP contribution < -0.4 is 0 Å². The molecule has 84 valence electrons. The molecule has 1 fully saturated rings. The fraction of sp³-hybridized carbons (Fsp3) is 1.00. The maximum Gasteiger partial charge on any atom is 0.0443 e. The molecule has 0 aromatic heterocycles. The van der Waals surface area contributed by atoms with Gasteiger partial charge in [0.2, 0.25) is 0 Å². The Balaban J connectivity index is 2.19. The fourth-order valence-corrected chi connectivity index (χ4v) is 3.34. The van der Waals surface area contributed by atoms with E-state index in [1.54, 1.807) is 0 Å². The van der Waals surface area contributed by atoms with Gasteiger partial charge in [0, 0.05) is 24.4 Å². The molecule has 0 aromatic rings. The molecule has 0 unspecified atom stereocenters. The first kappa shape index (κ1) is 12.3. The van der Waals surface area contributed by atoms with Crippen LogP contribution in [0.2, 0.25) is 0 Å². The summed E-state index contributed by atoms with van der Waals surface area (Å²) in [6, 6.07) is 0.769. The smallest absolute Gasteiger partial charge is 0.0443 e. The molecule has 0 aliphatic heterocycles. The van der Waals surface area contributed by atoms with E-state index in [-0.39, 0.29) is 0 Å². The first-order valence-corrected chi connectivity index (χ1v) is 6.75. The largest absolute Gasteiger partial charge is 0.396 e. The first-order chi connectivity index (χ1) is 6.77. The molecular formula is C11H23NOS. The van der Waals surface area contributed by atoms with Gasteiger partial charge in [-0.05, 0) is 38.5 Å². The highest BCUT2D eigenvalue weighted by atomic mass is 32.2. The SMILES string of the molecule is CCS[C@@H]1CC[C@H](N(C)CCCO)C1. The zero-order valence-corrected chi connectivity index (χ0v) is 10.2. The van der Waals surface area contributed by atoms with Gasteiger partial charge in [-0.25, -0.2) is 0 Å². The van der Waals surface area contributed by atoms with Crippen LogP contribution >= 0.6 is 11.8 Å². The van der Waals surface area contributed by atoms with Gasteiger partial charge in [0.05, 0.1) is 0 Å². The molecular weight excluding hydrogens is 194 g/mol. The van der Waals surface area contributed by atoms with E-state index in [0.29, 0.717) is 6.61 Å². The van der Waals surface area contributed by atoms with Gasteiger partial charge in [-0.2, -0.15) is 11.8 Å². The molecule has 1 aliphatic rings. The Kier molecular flexibility index (Phi) is 5.90. The number of aliphatic hydroxyl groups excluding tert-OH is 1. The summed E-state index contributed by atoms with van der Waals surface area (Å²) >= 11 is 2.11. The van der Waals surface area contributed by atoms with E-state index in [1.807, 2.05) is 0 Å². The van der Waals surface area contributed by atoms with Crippen molar-refractivity contribution in [1.82, 2.24) is 4.90 Å². The summed E-state index contributed by atoms with van der Waals surface area (Å²) in [6.45, 7) is 3.61. The number of rotatable bonds is 6. The second-order valence-electron chi connectivity index (χ2n) is 4.10. The van der Waals surface area contributed by atoms with Gasteiger partial charge in [-0.3, -0.25) is 0 Å². The Morgan fingerprint density at radius 2 is 2.21 bits per heavy atom. The first-order valence-electron chi connectivity index (χ1n) is 5.70. The molecule has 14 heavy (non-hydrogen) atoms. The van der Waals surface area contributed by atoms with E-state index in [9.17, 15) is 0 Å². The second-order valence-corrected chi connectivity index (χ2v) is 5.68. The Morgan fingerprint density at radius 1 is 1.43 bits per heavy atom. The van der Waals surface area contributed by atoms with Crippen molar-refractivity contribution in [3.63, 3.8) is 0 Å². The minimum absolute atomic E-state index is 0.324. The zero-order chi connectivity index (χ0) is 10.4. The number of hydrogen-bond acceptors (Lipinski definition) is 3. The molecule has 1 N–H and O–H groups in total. The van der Waals surface area contributed by atoms with E-state index in [0.717, 1.165) is 24.3 Å². The van der Waals surface area contributed by atoms with E-state index in [4.69, 9.17) is 5.11 Å². The molecule has 1 rings (SSSR count). The maximum absolute atomic E-state index is 8.76. The molecule has 0 amide bonds. The second kappa shape index (κ2) is 6.70. The van der Waals surface area contributed by atoms with Gasteiger partial charge < -0.3 is 10.0 Å². The quantitative estimate of drug-likeness (QED) is 0.736. The molecule has 3 heteroatoms. The van der Waals surface area contributed by atoms with E-state index in [2.05, 4.69) is 30.6 Å². The van der Waals surface area contributed by atoms with Crippen molar-refractivity contribution < 1.29 is 5.11 Å². The predicted molar refractivity (Wildman–Crippen MR) is 63.9 cm³/mol. The lowest BCUT2D eigenvalue weighted by Crippen LogP contribution is -2.31. The predicted octanol–water partition coefficient (Wildman–Crippen LogP) is 1.97. The standard InChI is InChI=1S/C11H23NOS/c1-3-14-11-6-5-10(9-11)12(2)7-4-8-13/h10-11,13H,3-9H2,1-2H3/t10-,11+/m0/s1. The Labute approximate surface area is 92.1 Å². The average molecular weight is 217 g/mol. The van der Waals surface area contributed by atoms with Crippen LogP contribution in [-0.2, 0) is 0 Å². The van der Waals surface area contributed by atoms with Crippen molar-refractivity contribution in [3.8, 4) is 0 Å². The van der Waals surface area contributed by atoms with Crippen LogP contribution in [0.4, 0.5) is 0 Å². The molecule has 1 aliphatic carbocycles. The third-order valence-electron chi connectivity index (χ3n) is 3.05. The average Bonchev–Trinajstić information content (AvgIpc) is 2.63. The van der Waals surface area contributed by atoms with Crippen LogP contribution in [0.1, 0.15) is 32.6 Å². The van der Waals surface area contributed by atoms with Gasteiger partial charge in [0.25, 0.3) is 0 Å². The molecule has 2 nitrogen and oxygen atoms in total. The molecule has 0 heterocycles. The summed E-state index contributed by atoms with van der Waals surface area (Å²) in [5.41, 5.74) is 0. The van der Waals surface area contributed by atoms with E-state index in [1.165, 1.54) is 25.0 Å². The monoisotopic (exact) mass is 217 g/mol. The lowest BCUT2D eigenvalue weighted by atomic mass is 10.2. The molecule has 1 saturated carbocycles. The summed E-state index contributed by atoms with van der Waals surface area (Å²) in [5, 5.41) is 9.65. The van der Waals surface area contributed by atoms with Crippen LogP contribution in [0.5, 0.6) is 0 Å². The topological polar surface area (TPSA) is 23.5 Å². The van der Waals surface area contributed by atoms with Crippen LogP contribution in [0, 0.1) is 0 Å². The molecule has 0 saturated heterocycles. The van der Waals surface area contributed by atoms with Crippen molar-refractivity contribution in [2.24, 2.45) is 0 Å². The molecule has 0 aromatic carbocycles. The number of aliphatic hydroxyl groups is 1. The minimum atomic E-state index is 0.324. The van der Waals surface area contributed by atoms with Gasteiger partial charge in [0.15, 0.2) is 0 Å². The number of nitrogens with zero attached hydrogens (tertiary/aromatic N) is 1. The van der Waals surface area contributed by atoms with Crippen LogP contribution in [-0.4, -0.2) is 47.3 Å². The van der Waals surface area contributed by atoms with Crippen molar-refractivity contribution in [2.75, 3.05) is 26.0 Å². The molecule has 0 radical (unpaired) electrons. The van der Waals surface area contributed by atoms with Crippen LogP contribution in [0.3, 0.4) is 0 Å². The number of hydrogen-bond donors (Lipinski definition) is 1. The van der Waals surface area contributed by atoms with Crippen molar-refractivity contribution >= 4 is 11.8 Å². The zero-order valence-electron chi connectivity index (χ0n) is 9.41. The Bertz CT molecular complexity index is 154. The van der Waals surface area contributed by atoms with E-state index < -0.39 is 0 Å². The summed E-state index contributed by atoms with van der Waals surface area (Å²) in [4.78, 5) is 2.42. The van der Waals surface area contributed by atoms with Crippen molar-refractivity contribution in [1.29, 1.82) is 0 Å². The molecule has 0 spiro atoms. The minimum Gasteiger partial charge on any atom is -0.396 e. The normalized spacial score (nSPS) is 27.4. The third-order valence-corrected chi connectivity index (χ3v) is 4.28. The highest BCUT2D eigenvalue weighted by Gasteiger charge is 2.26. The highest BCUT2D eigenvalue weighted by Crippen LogP contribution is 2.32. The van der Waals surface area contributed by atoms with Crippen molar-refractivity contribution in [2.45, 2.75) is 43.9 Å². The number of thioether (sulfide) groups is 1. The van der Waals surface area contributed by atoms with Gasteiger partial charge in [-0.1, -0.05) is 6.92 Å². The maximum atomic E-state index is 8.76. The fourth-order valence-electron chi connectivity index (χ4n) is 2.21. The van der Waals surface area contributed by atoms with Crippen LogP contribution in [0.25, 0.3) is 0 Å². The lowest BCUT2D eigenvalue weighted by molar-refractivity contribution is 0.208. The molecule has 0 bridgehead atoms. The van der Waals surface area contributed by atoms with Crippen LogP contribution in [0.15, 0.2) is 0 Å². The summed E-state index contributed by atoms with van der Waals surface area (Å²) in [5.74, 6) is 1.25. The third kappa shape index (κ3) is 3.79. The van der Waals surface area contributed by atoms with Gasteiger partial charge >= 0.3 is 0 Å². The molecule has 2 atom stereocenters. The Hall–Kier alpha value is 0.270. The Morgan fingerprint density at radius 3 is 2.86 bits per heavy atom. The lowest BCUT2D eigenvalue weighted by Gasteiger charge is -2.23. The summed E-state index contributed by atoms with van der Waals surface area (Å²) in [7, 11) is 2.19. The summed E-state index contributed by atoms with van der Waals surface area (Å²) < 4.78 is 0. The van der Waals surface area contributed by atoms with E-state index >= 15 is 0 Å². The highest BCUT2D eigenvalue weighted by molar-refractivity contribution is 7.99. The van der Waals surface area contributed by atoms with Gasteiger partial charge in [0.1, 0.15) is 0 Å². The van der Waals surface area contributed by atoms with Gasteiger partial charge in [-0.15, -0.1) is 0 Å².